The zero-order chi connectivity index (χ0) is 13.8. The summed E-state index contributed by atoms with van der Waals surface area (Å²) in [5.74, 6) is 1.80. The summed E-state index contributed by atoms with van der Waals surface area (Å²) in [5, 5.41) is 7.85. The quantitative estimate of drug-likeness (QED) is 0.880. The van der Waals surface area contributed by atoms with Gasteiger partial charge in [0.05, 0.1) is 6.54 Å². The van der Waals surface area contributed by atoms with E-state index in [-0.39, 0.29) is 0 Å². The molecule has 0 amide bonds. The highest BCUT2D eigenvalue weighted by atomic mass is 15.4. The van der Waals surface area contributed by atoms with Crippen LogP contribution in [0.15, 0.2) is 6.33 Å². The third-order valence-corrected chi connectivity index (χ3v) is 4.18. The number of aromatic nitrogens is 3. The van der Waals surface area contributed by atoms with Crippen molar-refractivity contribution in [2.24, 2.45) is 5.92 Å². The molecule has 0 aliphatic carbocycles. The van der Waals surface area contributed by atoms with E-state index in [1.807, 2.05) is 4.68 Å². The Morgan fingerprint density at radius 1 is 1.42 bits per heavy atom. The van der Waals surface area contributed by atoms with Crippen LogP contribution in [0.25, 0.3) is 0 Å². The van der Waals surface area contributed by atoms with Gasteiger partial charge in [-0.2, -0.15) is 5.10 Å². The smallest absolute Gasteiger partial charge is 0.141 e. The van der Waals surface area contributed by atoms with Crippen molar-refractivity contribution in [1.29, 1.82) is 0 Å². The van der Waals surface area contributed by atoms with Crippen LogP contribution in [0, 0.1) is 5.92 Å². The van der Waals surface area contributed by atoms with Crippen molar-refractivity contribution in [2.45, 2.75) is 52.7 Å². The van der Waals surface area contributed by atoms with Crippen LogP contribution >= 0.6 is 0 Å². The molecule has 2 heterocycles. The lowest BCUT2D eigenvalue weighted by Crippen LogP contribution is -2.53. The monoisotopic (exact) mass is 265 g/mol. The topological polar surface area (TPSA) is 46.0 Å². The first-order valence-electron chi connectivity index (χ1n) is 7.46. The van der Waals surface area contributed by atoms with E-state index in [4.69, 9.17) is 0 Å². The van der Waals surface area contributed by atoms with E-state index >= 15 is 0 Å². The molecule has 108 valence electrons. The minimum atomic E-state index is 0.377. The third-order valence-electron chi connectivity index (χ3n) is 4.18. The van der Waals surface area contributed by atoms with Gasteiger partial charge in [-0.1, -0.05) is 20.3 Å². The van der Waals surface area contributed by atoms with Crippen LogP contribution in [0.3, 0.4) is 0 Å². The van der Waals surface area contributed by atoms with Gasteiger partial charge in [0, 0.05) is 31.7 Å². The second-order valence-electron chi connectivity index (χ2n) is 5.84. The summed E-state index contributed by atoms with van der Waals surface area (Å²) >= 11 is 0. The first-order valence-corrected chi connectivity index (χ1v) is 7.46. The van der Waals surface area contributed by atoms with Gasteiger partial charge in [0.25, 0.3) is 0 Å². The Bertz CT molecular complexity index is 387. The SMILES string of the molecule is CCC(C)C1CNCCN1Cc1ncnn1C(C)C. The predicted molar refractivity (Wildman–Crippen MR) is 76.9 cm³/mol. The van der Waals surface area contributed by atoms with Gasteiger partial charge < -0.3 is 5.32 Å². The molecule has 0 bridgehead atoms. The van der Waals surface area contributed by atoms with Crippen LogP contribution in [-0.4, -0.2) is 45.3 Å². The van der Waals surface area contributed by atoms with Crippen molar-refractivity contribution in [3.05, 3.63) is 12.2 Å². The molecule has 5 nitrogen and oxygen atoms in total. The van der Waals surface area contributed by atoms with Gasteiger partial charge in [0.15, 0.2) is 0 Å². The maximum atomic E-state index is 4.44. The lowest BCUT2D eigenvalue weighted by molar-refractivity contribution is 0.104. The van der Waals surface area contributed by atoms with Crippen LogP contribution in [-0.2, 0) is 6.54 Å². The summed E-state index contributed by atoms with van der Waals surface area (Å²) in [6, 6.07) is 0.985. The standard InChI is InChI=1S/C14H27N5/c1-5-12(4)13-8-15-6-7-18(13)9-14-16-10-17-19(14)11(2)3/h10-13,15H,5-9H2,1-4H3. The molecule has 19 heavy (non-hydrogen) atoms. The van der Waals surface area contributed by atoms with Crippen LogP contribution in [0.2, 0.25) is 0 Å². The summed E-state index contributed by atoms with van der Waals surface area (Å²) in [5.41, 5.74) is 0. The normalized spacial score (nSPS) is 22.9. The van der Waals surface area contributed by atoms with Crippen molar-refractivity contribution in [1.82, 2.24) is 25.0 Å². The average Bonchev–Trinajstić information content (AvgIpc) is 2.87. The number of hydrogen-bond acceptors (Lipinski definition) is 4. The van der Waals surface area contributed by atoms with Crippen molar-refractivity contribution in [2.75, 3.05) is 19.6 Å². The van der Waals surface area contributed by atoms with Crippen molar-refractivity contribution >= 4 is 0 Å². The fourth-order valence-electron chi connectivity index (χ4n) is 2.80. The Morgan fingerprint density at radius 3 is 2.89 bits per heavy atom. The summed E-state index contributed by atoms with van der Waals surface area (Å²) < 4.78 is 2.04. The third kappa shape index (κ3) is 3.34. The zero-order valence-electron chi connectivity index (χ0n) is 12.6. The van der Waals surface area contributed by atoms with E-state index < -0.39 is 0 Å². The maximum absolute atomic E-state index is 4.44. The molecule has 0 aromatic carbocycles. The van der Waals surface area contributed by atoms with Gasteiger partial charge in [-0.05, 0) is 19.8 Å². The first-order chi connectivity index (χ1) is 9.13. The summed E-state index contributed by atoms with van der Waals surface area (Å²) in [6.07, 6.45) is 2.90. The molecule has 0 spiro atoms. The average molecular weight is 265 g/mol. The Morgan fingerprint density at radius 2 is 2.21 bits per heavy atom. The lowest BCUT2D eigenvalue weighted by atomic mass is 9.96. The Hall–Kier alpha value is -0.940. The lowest BCUT2D eigenvalue weighted by Gasteiger charge is -2.39. The van der Waals surface area contributed by atoms with Crippen LogP contribution in [0.1, 0.15) is 46.0 Å². The highest BCUT2D eigenvalue weighted by molar-refractivity contribution is 4.91. The van der Waals surface area contributed by atoms with E-state index in [9.17, 15) is 0 Å². The number of piperazine rings is 1. The summed E-state index contributed by atoms with van der Waals surface area (Å²) in [6.45, 7) is 13.1. The minimum absolute atomic E-state index is 0.377. The van der Waals surface area contributed by atoms with E-state index in [1.54, 1.807) is 6.33 Å². The summed E-state index contributed by atoms with van der Waals surface area (Å²) in [7, 11) is 0. The van der Waals surface area contributed by atoms with Gasteiger partial charge in [-0.25, -0.2) is 9.67 Å². The van der Waals surface area contributed by atoms with Gasteiger partial charge in [0.2, 0.25) is 0 Å². The highest BCUT2D eigenvalue weighted by Gasteiger charge is 2.27. The fourth-order valence-corrected chi connectivity index (χ4v) is 2.80. The largest absolute Gasteiger partial charge is 0.314 e. The van der Waals surface area contributed by atoms with Gasteiger partial charge in [0.1, 0.15) is 12.2 Å². The van der Waals surface area contributed by atoms with E-state index in [1.165, 1.54) is 6.42 Å². The van der Waals surface area contributed by atoms with Crippen molar-refractivity contribution in [3.8, 4) is 0 Å². The highest BCUT2D eigenvalue weighted by Crippen LogP contribution is 2.19. The van der Waals surface area contributed by atoms with Gasteiger partial charge in [-0.3, -0.25) is 4.90 Å². The van der Waals surface area contributed by atoms with Crippen molar-refractivity contribution < 1.29 is 0 Å². The molecule has 1 aliphatic heterocycles. The first kappa shape index (κ1) is 14.5. The zero-order valence-corrected chi connectivity index (χ0v) is 12.6. The molecule has 1 N–H and O–H groups in total. The van der Waals surface area contributed by atoms with Gasteiger partial charge >= 0.3 is 0 Å². The molecular formula is C14H27N5. The molecule has 5 heteroatoms. The number of nitrogens with zero attached hydrogens (tertiary/aromatic N) is 4. The molecule has 1 aliphatic rings. The second-order valence-corrected chi connectivity index (χ2v) is 5.84. The van der Waals surface area contributed by atoms with E-state index in [2.05, 4.69) is 48.0 Å². The Labute approximate surface area is 116 Å². The molecule has 1 fully saturated rings. The number of hydrogen-bond donors (Lipinski definition) is 1. The molecular weight excluding hydrogens is 238 g/mol. The minimum Gasteiger partial charge on any atom is -0.314 e. The predicted octanol–water partition coefficient (Wildman–Crippen LogP) is 1.68. The molecule has 1 aromatic rings. The summed E-state index contributed by atoms with van der Waals surface area (Å²) in [4.78, 5) is 7.00. The molecule has 0 saturated carbocycles. The molecule has 2 atom stereocenters. The van der Waals surface area contributed by atoms with Gasteiger partial charge in [-0.15, -0.1) is 0 Å². The number of nitrogens with one attached hydrogen (secondary N) is 1. The molecule has 2 unspecified atom stereocenters. The maximum Gasteiger partial charge on any atom is 0.141 e. The fraction of sp³-hybridized carbons (Fsp3) is 0.857. The molecule has 1 saturated heterocycles. The van der Waals surface area contributed by atoms with Crippen LogP contribution in [0.5, 0.6) is 0 Å². The van der Waals surface area contributed by atoms with Crippen LogP contribution in [0.4, 0.5) is 0 Å². The molecule has 2 rings (SSSR count). The number of rotatable bonds is 5. The van der Waals surface area contributed by atoms with Crippen LogP contribution < -0.4 is 5.32 Å². The van der Waals surface area contributed by atoms with E-state index in [0.717, 1.165) is 32.0 Å². The molecule has 0 radical (unpaired) electrons. The van der Waals surface area contributed by atoms with E-state index in [0.29, 0.717) is 18.0 Å². The Balaban J connectivity index is 2.08. The Kier molecular flexibility index (Phi) is 4.93. The van der Waals surface area contributed by atoms with Crippen molar-refractivity contribution in [3.63, 3.8) is 0 Å². The second kappa shape index (κ2) is 6.48. The molecule has 1 aromatic heterocycles.